The Bertz CT molecular complexity index is 491. The van der Waals surface area contributed by atoms with E-state index in [1.54, 1.807) is 12.1 Å². The van der Waals surface area contributed by atoms with Crippen molar-refractivity contribution >= 4 is 22.4 Å². The fraction of sp³-hybridized carbons (Fsp3) is 0.500. The van der Waals surface area contributed by atoms with Gasteiger partial charge in [0.2, 0.25) is 10.0 Å². The van der Waals surface area contributed by atoms with Gasteiger partial charge in [-0.25, -0.2) is 8.42 Å². The first-order chi connectivity index (χ1) is 7.91. The van der Waals surface area contributed by atoms with Crippen molar-refractivity contribution in [3.63, 3.8) is 0 Å². The van der Waals surface area contributed by atoms with Crippen LogP contribution in [0.5, 0.6) is 0 Å². The molecular formula is C12H19ClN2O2S. The second-order valence-electron chi connectivity index (χ2n) is 4.78. The molecule has 0 amide bonds. The molecule has 6 heteroatoms. The Morgan fingerprint density at radius 1 is 1.22 bits per heavy atom. The van der Waals surface area contributed by atoms with Crippen LogP contribution in [0.2, 0.25) is 0 Å². The highest BCUT2D eigenvalue weighted by Crippen LogP contribution is 2.23. The first kappa shape index (κ1) is 15.4. The number of halogens is 1. The normalized spacial score (nSPS) is 24.8. The molecule has 102 valence electrons. The number of benzene rings is 1. The maximum Gasteiger partial charge on any atom is 0.243 e. The molecule has 0 spiro atoms. The van der Waals surface area contributed by atoms with Gasteiger partial charge in [-0.3, -0.25) is 0 Å². The Hall–Kier alpha value is -0.620. The number of hydrogen-bond acceptors (Lipinski definition) is 3. The summed E-state index contributed by atoms with van der Waals surface area (Å²) in [6.45, 7) is 4.84. The maximum absolute atomic E-state index is 12.3. The molecule has 1 heterocycles. The molecular weight excluding hydrogens is 272 g/mol. The van der Waals surface area contributed by atoms with E-state index in [1.807, 2.05) is 26.0 Å². The SMILES string of the molecule is Cc1ccc(S(=O)(=O)N2CC(C)C(N)C2)cc1.Cl. The first-order valence-electron chi connectivity index (χ1n) is 5.73. The van der Waals surface area contributed by atoms with Gasteiger partial charge in [-0.2, -0.15) is 4.31 Å². The van der Waals surface area contributed by atoms with Gasteiger partial charge in [0.1, 0.15) is 0 Å². The van der Waals surface area contributed by atoms with E-state index in [0.717, 1.165) is 5.56 Å². The third-order valence-corrected chi connectivity index (χ3v) is 5.14. The van der Waals surface area contributed by atoms with Crippen LogP contribution in [0.3, 0.4) is 0 Å². The second-order valence-corrected chi connectivity index (χ2v) is 6.71. The summed E-state index contributed by atoms with van der Waals surface area (Å²) in [5.41, 5.74) is 6.91. The van der Waals surface area contributed by atoms with Crippen LogP contribution in [0.25, 0.3) is 0 Å². The Morgan fingerprint density at radius 3 is 2.22 bits per heavy atom. The summed E-state index contributed by atoms with van der Waals surface area (Å²) in [6.07, 6.45) is 0. The minimum atomic E-state index is -3.37. The Labute approximate surface area is 115 Å². The van der Waals surface area contributed by atoms with Crippen molar-refractivity contribution in [3.05, 3.63) is 29.8 Å². The van der Waals surface area contributed by atoms with Crippen LogP contribution in [0, 0.1) is 12.8 Å². The van der Waals surface area contributed by atoms with Crippen LogP contribution in [0.15, 0.2) is 29.2 Å². The lowest BCUT2D eigenvalue weighted by molar-refractivity contribution is 0.464. The van der Waals surface area contributed by atoms with Crippen molar-refractivity contribution in [2.45, 2.75) is 24.8 Å². The van der Waals surface area contributed by atoms with Crippen molar-refractivity contribution in [3.8, 4) is 0 Å². The second kappa shape index (κ2) is 5.57. The Balaban J connectivity index is 0.00000162. The largest absolute Gasteiger partial charge is 0.326 e. The average molecular weight is 291 g/mol. The molecule has 1 aromatic rings. The van der Waals surface area contributed by atoms with Crippen molar-refractivity contribution < 1.29 is 8.42 Å². The monoisotopic (exact) mass is 290 g/mol. The number of nitrogens with two attached hydrogens (primary N) is 1. The minimum absolute atomic E-state index is 0. The third-order valence-electron chi connectivity index (χ3n) is 3.30. The lowest BCUT2D eigenvalue weighted by atomic mass is 10.1. The van der Waals surface area contributed by atoms with Crippen LogP contribution in [0.4, 0.5) is 0 Å². The maximum atomic E-state index is 12.3. The van der Waals surface area contributed by atoms with Crippen molar-refractivity contribution in [1.82, 2.24) is 4.31 Å². The molecule has 2 rings (SSSR count). The van der Waals surface area contributed by atoms with Crippen molar-refractivity contribution in [2.75, 3.05) is 13.1 Å². The predicted octanol–water partition coefficient (Wildman–Crippen LogP) is 1.38. The molecule has 1 aliphatic rings. The number of aryl methyl sites for hydroxylation is 1. The van der Waals surface area contributed by atoms with Crippen LogP contribution in [0.1, 0.15) is 12.5 Å². The van der Waals surface area contributed by atoms with Gasteiger partial charge < -0.3 is 5.73 Å². The molecule has 0 aliphatic carbocycles. The Kier molecular flexibility index (Phi) is 4.78. The molecule has 0 saturated carbocycles. The fourth-order valence-corrected chi connectivity index (χ4v) is 3.58. The summed E-state index contributed by atoms with van der Waals surface area (Å²) in [5, 5.41) is 0. The summed E-state index contributed by atoms with van der Waals surface area (Å²) in [4.78, 5) is 0.351. The smallest absolute Gasteiger partial charge is 0.243 e. The highest BCUT2D eigenvalue weighted by Gasteiger charge is 2.35. The molecule has 0 bridgehead atoms. The molecule has 1 saturated heterocycles. The molecule has 4 nitrogen and oxygen atoms in total. The molecule has 2 N–H and O–H groups in total. The van der Waals surface area contributed by atoms with Gasteiger partial charge >= 0.3 is 0 Å². The number of rotatable bonds is 2. The molecule has 2 unspecified atom stereocenters. The van der Waals surface area contributed by atoms with Gasteiger partial charge in [0.05, 0.1) is 4.90 Å². The standard InChI is InChI=1S/C12H18N2O2S.ClH/c1-9-3-5-11(6-4-9)17(15,16)14-7-10(2)12(13)8-14;/h3-6,10,12H,7-8,13H2,1-2H3;1H. The van der Waals surface area contributed by atoms with E-state index in [1.165, 1.54) is 4.31 Å². The van der Waals surface area contributed by atoms with Crippen LogP contribution in [-0.2, 0) is 10.0 Å². The van der Waals surface area contributed by atoms with Gasteiger partial charge in [-0.05, 0) is 25.0 Å². The summed E-state index contributed by atoms with van der Waals surface area (Å²) >= 11 is 0. The predicted molar refractivity (Wildman–Crippen MR) is 74.3 cm³/mol. The number of nitrogens with zero attached hydrogens (tertiary/aromatic N) is 1. The van der Waals surface area contributed by atoms with Crippen molar-refractivity contribution in [2.24, 2.45) is 11.7 Å². The molecule has 0 aromatic heterocycles. The summed E-state index contributed by atoms with van der Waals surface area (Å²) in [6, 6.07) is 6.87. The minimum Gasteiger partial charge on any atom is -0.326 e. The molecule has 1 aliphatic heterocycles. The lowest BCUT2D eigenvalue weighted by Gasteiger charge is -2.16. The van der Waals surface area contributed by atoms with E-state index in [-0.39, 0.29) is 24.4 Å². The summed E-state index contributed by atoms with van der Waals surface area (Å²) in [5.74, 6) is 0.218. The van der Waals surface area contributed by atoms with Gasteiger partial charge in [-0.15, -0.1) is 12.4 Å². The van der Waals surface area contributed by atoms with Gasteiger partial charge in [0, 0.05) is 19.1 Å². The van der Waals surface area contributed by atoms with E-state index >= 15 is 0 Å². The third kappa shape index (κ3) is 2.85. The van der Waals surface area contributed by atoms with Crippen LogP contribution in [-0.4, -0.2) is 31.9 Å². The van der Waals surface area contributed by atoms with E-state index in [2.05, 4.69) is 0 Å². The van der Waals surface area contributed by atoms with Crippen LogP contribution < -0.4 is 5.73 Å². The topological polar surface area (TPSA) is 63.4 Å². The summed E-state index contributed by atoms with van der Waals surface area (Å²) in [7, 11) is -3.37. The lowest BCUT2D eigenvalue weighted by Crippen LogP contribution is -2.32. The highest BCUT2D eigenvalue weighted by molar-refractivity contribution is 7.89. The Morgan fingerprint density at radius 2 is 1.78 bits per heavy atom. The zero-order valence-corrected chi connectivity index (χ0v) is 12.2. The number of hydrogen-bond donors (Lipinski definition) is 1. The van der Waals surface area contributed by atoms with E-state index in [4.69, 9.17) is 5.73 Å². The average Bonchev–Trinajstić information content (AvgIpc) is 2.60. The number of sulfonamides is 1. The molecule has 1 aromatic carbocycles. The first-order valence-corrected chi connectivity index (χ1v) is 7.17. The van der Waals surface area contributed by atoms with Crippen molar-refractivity contribution in [1.29, 1.82) is 0 Å². The molecule has 18 heavy (non-hydrogen) atoms. The molecule has 2 atom stereocenters. The highest BCUT2D eigenvalue weighted by atomic mass is 35.5. The van der Waals surface area contributed by atoms with E-state index < -0.39 is 10.0 Å². The molecule has 0 radical (unpaired) electrons. The van der Waals surface area contributed by atoms with E-state index in [9.17, 15) is 8.42 Å². The van der Waals surface area contributed by atoms with Gasteiger partial charge in [0.15, 0.2) is 0 Å². The van der Waals surface area contributed by atoms with E-state index in [0.29, 0.717) is 18.0 Å². The fourth-order valence-electron chi connectivity index (χ4n) is 2.00. The zero-order valence-electron chi connectivity index (χ0n) is 10.5. The zero-order chi connectivity index (χ0) is 12.6. The van der Waals surface area contributed by atoms with Gasteiger partial charge in [0.25, 0.3) is 0 Å². The molecule has 1 fully saturated rings. The quantitative estimate of drug-likeness (QED) is 0.895. The van der Waals surface area contributed by atoms with Gasteiger partial charge in [-0.1, -0.05) is 24.6 Å². The van der Waals surface area contributed by atoms with Crippen LogP contribution >= 0.6 is 12.4 Å². The summed E-state index contributed by atoms with van der Waals surface area (Å²) < 4.78 is 26.1.